The molecule has 0 aromatic carbocycles. The molecule has 6 nitrogen and oxygen atoms in total. The van der Waals surface area contributed by atoms with E-state index in [9.17, 15) is 14.4 Å². The molecule has 0 spiro atoms. The maximum atomic E-state index is 12.8. The number of esters is 3. The summed E-state index contributed by atoms with van der Waals surface area (Å²) < 4.78 is 16.8. The first-order valence-corrected chi connectivity index (χ1v) is 32.5. The van der Waals surface area contributed by atoms with Gasteiger partial charge in [0, 0.05) is 19.3 Å². The van der Waals surface area contributed by atoms with Crippen molar-refractivity contribution in [1.82, 2.24) is 0 Å². The number of carbonyl (C=O) groups is 3. The van der Waals surface area contributed by atoms with Gasteiger partial charge in [-0.3, -0.25) is 14.4 Å². The Labute approximate surface area is 455 Å². The SMILES string of the molecule is CCCC/C=C\CCCCCCCC(=O)OC(COC(=O)CCCCCCCCCCC)COC(=O)CCCCCCCCCCCCCCCCCCCCCCCCC/C=C\C/C=C\CCCCCCC. The van der Waals surface area contributed by atoms with Crippen molar-refractivity contribution in [2.75, 3.05) is 13.2 Å². The van der Waals surface area contributed by atoms with Crippen LogP contribution in [0.3, 0.4) is 0 Å². The molecule has 0 aromatic rings. The number of carbonyl (C=O) groups excluding carboxylic acids is 3. The van der Waals surface area contributed by atoms with E-state index in [0.717, 1.165) is 70.6 Å². The minimum atomic E-state index is -0.770. The van der Waals surface area contributed by atoms with E-state index in [2.05, 4.69) is 57.2 Å². The normalized spacial score (nSPS) is 12.2. The minimum Gasteiger partial charge on any atom is -0.462 e. The number of unbranched alkanes of at least 4 members (excludes halogenated alkanes) is 43. The van der Waals surface area contributed by atoms with Crippen molar-refractivity contribution in [3.8, 4) is 0 Å². The molecule has 0 amide bonds. The molecule has 0 bridgehead atoms. The summed E-state index contributed by atoms with van der Waals surface area (Å²) in [5, 5.41) is 0. The highest BCUT2D eigenvalue weighted by Crippen LogP contribution is 2.18. The molecule has 0 N–H and O–H groups in total. The number of ether oxygens (including phenoxy) is 3. The van der Waals surface area contributed by atoms with E-state index in [4.69, 9.17) is 14.2 Å². The molecule has 0 saturated heterocycles. The van der Waals surface area contributed by atoms with Crippen molar-refractivity contribution in [3.05, 3.63) is 36.5 Å². The summed E-state index contributed by atoms with van der Waals surface area (Å²) in [4.78, 5) is 38.0. The Morgan fingerprint density at radius 2 is 0.507 bits per heavy atom. The molecule has 0 aliphatic heterocycles. The quantitative estimate of drug-likeness (QED) is 0.0261. The predicted molar refractivity (Wildman–Crippen MR) is 316 cm³/mol. The maximum absolute atomic E-state index is 12.8. The van der Waals surface area contributed by atoms with Crippen molar-refractivity contribution in [2.24, 2.45) is 0 Å². The summed E-state index contributed by atoms with van der Waals surface area (Å²) in [7, 11) is 0. The van der Waals surface area contributed by atoms with E-state index in [-0.39, 0.29) is 31.1 Å². The Kier molecular flexibility index (Phi) is 60.2. The lowest BCUT2D eigenvalue weighted by molar-refractivity contribution is -0.167. The van der Waals surface area contributed by atoms with Crippen molar-refractivity contribution in [2.45, 2.75) is 361 Å². The fraction of sp³-hybridized carbons (Fsp3) is 0.866. The van der Waals surface area contributed by atoms with Gasteiger partial charge in [0.2, 0.25) is 0 Å². The van der Waals surface area contributed by atoms with Gasteiger partial charge in [-0.05, 0) is 70.6 Å². The Morgan fingerprint density at radius 1 is 0.274 bits per heavy atom. The van der Waals surface area contributed by atoms with Crippen LogP contribution in [0.4, 0.5) is 0 Å². The second-order valence-corrected chi connectivity index (χ2v) is 22.0. The van der Waals surface area contributed by atoms with Crippen molar-refractivity contribution in [3.63, 3.8) is 0 Å². The molecular formula is C67H124O6. The number of hydrogen-bond acceptors (Lipinski definition) is 6. The smallest absolute Gasteiger partial charge is 0.306 e. The summed E-state index contributed by atoms with van der Waals surface area (Å²) >= 11 is 0. The van der Waals surface area contributed by atoms with Gasteiger partial charge in [-0.1, -0.05) is 301 Å². The maximum Gasteiger partial charge on any atom is 0.306 e. The lowest BCUT2D eigenvalue weighted by Gasteiger charge is -2.18. The van der Waals surface area contributed by atoms with Crippen molar-refractivity contribution in [1.29, 1.82) is 0 Å². The highest BCUT2D eigenvalue weighted by Gasteiger charge is 2.19. The summed E-state index contributed by atoms with van der Waals surface area (Å²) in [6.45, 7) is 6.60. The average Bonchev–Trinajstić information content (AvgIpc) is 3.39. The zero-order valence-electron chi connectivity index (χ0n) is 49.2. The van der Waals surface area contributed by atoms with Crippen LogP contribution >= 0.6 is 0 Å². The van der Waals surface area contributed by atoms with Crippen LogP contribution in [0.2, 0.25) is 0 Å². The van der Waals surface area contributed by atoms with E-state index in [1.54, 1.807) is 0 Å². The van der Waals surface area contributed by atoms with Gasteiger partial charge in [0.15, 0.2) is 6.10 Å². The van der Waals surface area contributed by atoms with Crippen LogP contribution < -0.4 is 0 Å². The van der Waals surface area contributed by atoms with Gasteiger partial charge in [-0.2, -0.15) is 0 Å². The number of rotatable bonds is 60. The molecule has 1 unspecified atom stereocenters. The largest absolute Gasteiger partial charge is 0.462 e. The van der Waals surface area contributed by atoms with Gasteiger partial charge in [0.05, 0.1) is 0 Å². The van der Waals surface area contributed by atoms with Crippen LogP contribution in [-0.4, -0.2) is 37.2 Å². The van der Waals surface area contributed by atoms with Crippen LogP contribution in [-0.2, 0) is 28.6 Å². The summed E-state index contributed by atoms with van der Waals surface area (Å²) in [6, 6.07) is 0. The van der Waals surface area contributed by atoms with Gasteiger partial charge < -0.3 is 14.2 Å². The number of hydrogen-bond donors (Lipinski definition) is 0. The Balaban J connectivity index is 3.90. The van der Waals surface area contributed by atoms with E-state index < -0.39 is 6.10 Å². The minimum absolute atomic E-state index is 0.0702. The Bertz CT molecular complexity index is 1220. The monoisotopic (exact) mass is 1020 g/mol. The van der Waals surface area contributed by atoms with Crippen molar-refractivity contribution >= 4 is 17.9 Å². The molecule has 6 heteroatoms. The van der Waals surface area contributed by atoms with Crippen LogP contribution in [0.1, 0.15) is 355 Å². The van der Waals surface area contributed by atoms with Gasteiger partial charge in [0.25, 0.3) is 0 Å². The molecule has 0 radical (unpaired) electrons. The second-order valence-electron chi connectivity index (χ2n) is 22.0. The molecule has 1 atom stereocenters. The van der Waals surface area contributed by atoms with Crippen LogP contribution in [0, 0.1) is 0 Å². The summed E-state index contributed by atoms with van der Waals surface area (Å²) in [5.74, 6) is -0.865. The first kappa shape index (κ1) is 70.6. The van der Waals surface area contributed by atoms with Crippen molar-refractivity contribution < 1.29 is 28.6 Å². The molecule has 0 heterocycles. The van der Waals surface area contributed by atoms with Gasteiger partial charge in [-0.25, -0.2) is 0 Å². The molecule has 0 saturated carbocycles. The van der Waals surface area contributed by atoms with Crippen LogP contribution in [0.25, 0.3) is 0 Å². The third kappa shape index (κ3) is 60.4. The molecule has 0 rings (SSSR count). The summed E-state index contributed by atoms with van der Waals surface area (Å²) in [6.07, 6.45) is 76.3. The van der Waals surface area contributed by atoms with E-state index >= 15 is 0 Å². The van der Waals surface area contributed by atoms with Gasteiger partial charge in [0.1, 0.15) is 13.2 Å². The lowest BCUT2D eigenvalue weighted by Crippen LogP contribution is -2.30. The highest BCUT2D eigenvalue weighted by molar-refractivity contribution is 5.71. The highest BCUT2D eigenvalue weighted by atomic mass is 16.6. The zero-order chi connectivity index (χ0) is 52.9. The standard InChI is InChI=1S/C67H124O6/c1-4-7-10-13-16-19-21-22-23-24-25-26-27-28-29-30-31-32-33-34-35-36-37-38-39-40-41-42-43-44-46-48-51-54-57-60-66(69)72-63-64(62-71-65(68)59-56-53-50-47-18-15-12-9-6-3)73-67(70)61-58-55-52-49-45-20-17-14-11-8-5-2/h14,17,21-22,24-25,64H,4-13,15-16,18-20,23,26-63H2,1-3H3/b17-14-,22-21-,25-24-. The fourth-order valence-corrected chi connectivity index (χ4v) is 9.69. The Morgan fingerprint density at radius 3 is 0.808 bits per heavy atom. The second kappa shape index (κ2) is 62.2. The van der Waals surface area contributed by atoms with Crippen LogP contribution in [0.5, 0.6) is 0 Å². The number of allylic oxidation sites excluding steroid dienone is 6. The lowest BCUT2D eigenvalue weighted by atomic mass is 10.0. The topological polar surface area (TPSA) is 78.9 Å². The summed E-state index contributed by atoms with van der Waals surface area (Å²) in [5.41, 5.74) is 0. The molecule has 0 fully saturated rings. The van der Waals surface area contributed by atoms with E-state index in [0.29, 0.717) is 19.3 Å². The molecule has 428 valence electrons. The van der Waals surface area contributed by atoms with Gasteiger partial charge in [-0.15, -0.1) is 0 Å². The molecule has 0 aromatic heterocycles. The first-order chi connectivity index (χ1) is 36.0. The third-order valence-corrected chi connectivity index (χ3v) is 14.6. The molecule has 73 heavy (non-hydrogen) atoms. The first-order valence-electron chi connectivity index (χ1n) is 32.5. The fourth-order valence-electron chi connectivity index (χ4n) is 9.69. The molecule has 0 aliphatic rings. The molecular weight excluding hydrogens is 901 g/mol. The molecule has 0 aliphatic carbocycles. The third-order valence-electron chi connectivity index (χ3n) is 14.6. The zero-order valence-corrected chi connectivity index (χ0v) is 49.2. The Hall–Kier alpha value is -2.37. The predicted octanol–water partition coefficient (Wildman–Crippen LogP) is 22.0. The van der Waals surface area contributed by atoms with E-state index in [1.807, 2.05) is 0 Å². The van der Waals surface area contributed by atoms with Crippen LogP contribution in [0.15, 0.2) is 36.5 Å². The van der Waals surface area contributed by atoms with Gasteiger partial charge >= 0.3 is 17.9 Å². The van der Waals surface area contributed by atoms with E-state index in [1.165, 1.54) is 244 Å². The average molecular weight is 1030 g/mol.